The van der Waals surface area contributed by atoms with Crippen LogP contribution in [0.3, 0.4) is 0 Å². The maximum absolute atomic E-state index is 12.9. The van der Waals surface area contributed by atoms with E-state index in [2.05, 4.69) is 13.7 Å². The quantitative estimate of drug-likeness (QED) is 0.618. The number of halogens is 3. The molecule has 0 unspecified atom stereocenters. The van der Waals surface area contributed by atoms with Crippen LogP contribution in [0, 0.1) is 5.92 Å². The number of alkyl halides is 3. The third-order valence-corrected chi connectivity index (χ3v) is 5.96. The first kappa shape index (κ1) is 20.5. The Kier molecular flexibility index (Phi) is 5.59. The van der Waals surface area contributed by atoms with Crippen molar-refractivity contribution in [3.8, 4) is 0 Å². The number of amides is 1. The van der Waals surface area contributed by atoms with Gasteiger partial charge in [-0.1, -0.05) is 0 Å². The predicted octanol–water partition coefficient (Wildman–Crippen LogP) is 4.09. The Labute approximate surface area is 175 Å². The lowest BCUT2D eigenvalue weighted by Gasteiger charge is -2.34. The van der Waals surface area contributed by atoms with E-state index in [4.69, 9.17) is 0 Å². The van der Waals surface area contributed by atoms with Crippen molar-refractivity contribution in [3.63, 3.8) is 0 Å². The summed E-state index contributed by atoms with van der Waals surface area (Å²) < 4.78 is 47.1. The van der Waals surface area contributed by atoms with Gasteiger partial charge < -0.3 is 9.80 Å². The molecule has 1 aromatic carbocycles. The molecule has 1 amide bonds. The molecule has 3 heterocycles. The molecule has 10 heteroatoms. The van der Waals surface area contributed by atoms with Crippen LogP contribution in [0.1, 0.15) is 28.8 Å². The number of anilines is 1. The minimum absolute atomic E-state index is 0.0313. The fraction of sp³-hybridized carbons (Fsp3) is 0.400. The third kappa shape index (κ3) is 4.38. The van der Waals surface area contributed by atoms with Crippen molar-refractivity contribution in [1.29, 1.82) is 0 Å². The average molecular weight is 435 g/mol. The van der Waals surface area contributed by atoms with E-state index < -0.39 is 11.7 Å². The number of hydrogen-bond acceptors (Lipinski definition) is 6. The molecule has 6 nitrogen and oxygen atoms in total. The minimum Gasteiger partial charge on any atom is -0.359 e. The number of piperidine rings is 1. The zero-order valence-corrected chi connectivity index (χ0v) is 17.1. The van der Waals surface area contributed by atoms with Gasteiger partial charge in [0.05, 0.1) is 17.3 Å². The van der Waals surface area contributed by atoms with Gasteiger partial charge in [0.25, 0.3) is 5.91 Å². The van der Waals surface area contributed by atoms with E-state index in [1.54, 1.807) is 30.1 Å². The first-order valence-corrected chi connectivity index (χ1v) is 10.3. The number of carbonyl (C=O) groups excluding carboxylic acids is 1. The van der Waals surface area contributed by atoms with Crippen LogP contribution in [0.2, 0.25) is 0 Å². The second kappa shape index (κ2) is 8.17. The number of carbonyl (C=O) groups is 1. The molecule has 3 aromatic rings. The van der Waals surface area contributed by atoms with Crippen LogP contribution in [0.5, 0.6) is 0 Å². The molecule has 0 atom stereocenters. The van der Waals surface area contributed by atoms with E-state index in [0.29, 0.717) is 31.0 Å². The molecule has 0 saturated carbocycles. The molecule has 0 radical (unpaired) electrons. The first-order chi connectivity index (χ1) is 14.3. The van der Waals surface area contributed by atoms with Crippen LogP contribution in [0.4, 0.5) is 19.0 Å². The van der Waals surface area contributed by atoms with Crippen LogP contribution in [-0.4, -0.2) is 51.2 Å². The lowest BCUT2D eigenvalue weighted by atomic mass is 9.95. The van der Waals surface area contributed by atoms with Gasteiger partial charge in [0.1, 0.15) is 16.9 Å². The number of aromatic nitrogens is 3. The highest BCUT2D eigenvalue weighted by atomic mass is 32.1. The number of nitrogens with zero attached hydrogens (tertiary/aromatic N) is 5. The van der Waals surface area contributed by atoms with Gasteiger partial charge in [-0.15, -0.1) is 0 Å². The van der Waals surface area contributed by atoms with Gasteiger partial charge >= 0.3 is 6.18 Å². The lowest BCUT2D eigenvalue weighted by Crippen LogP contribution is -2.41. The summed E-state index contributed by atoms with van der Waals surface area (Å²) in [5.41, 5.74) is 1.39. The standard InChI is InChI=1S/C20H20F3N5OS/c1-27(18-11-15(4-7-24-18)20(21,22)23)12-13-5-8-28(9-6-13)19(29)14-2-3-16-17(10-14)26-30-25-16/h2-4,7,10-11,13H,5-6,8-9,12H2,1H3. The van der Waals surface area contributed by atoms with Crippen LogP contribution < -0.4 is 4.90 Å². The first-order valence-electron chi connectivity index (χ1n) is 9.57. The Morgan fingerprint density at radius 3 is 2.63 bits per heavy atom. The number of benzene rings is 1. The normalized spacial score (nSPS) is 15.5. The summed E-state index contributed by atoms with van der Waals surface area (Å²) in [5, 5.41) is 0. The van der Waals surface area contributed by atoms with Gasteiger partial charge in [-0.3, -0.25) is 4.79 Å². The Morgan fingerprint density at radius 1 is 1.17 bits per heavy atom. The van der Waals surface area contributed by atoms with Crippen molar-refractivity contribution >= 4 is 34.5 Å². The molecule has 158 valence electrons. The number of likely N-dealkylation sites (tertiary alicyclic amines) is 1. The summed E-state index contributed by atoms with van der Waals surface area (Å²) in [6, 6.07) is 7.38. The van der Waals surface area contributed by atoms with E-state index in [9.17, 15) is 18.0 Å². The summed E-state index contributed by atoms with van der Waals surface area (Å²) in [4.78, 5) is 20.4. The van der Waals surface area contributed by atoms with Gasteiger partial charge in [-0.2, -0.15) is 21.9 Å². The second-order valence-corrected chi connectivity index (χ2v) is 8.01. The number of pyridine rings is 1. The van der Waals surface area contributed by atoms with E-state index in [-0.39, 0.29) is 11.8 Å². The highest BCUT2D eigenvalue weighted by Crippen LogP contribution is 2.31. The van der Waals surface area contributed by atoms with Crippen molar-refractivity contribution in [2.75, 3.05) is 31.6 Å². The van der Waals surface area contributed by atoms with Gasteiger partial charge in [-0.25, -0.2) is 4.98 Å². The number of rotatable bonds is 4. The zero-order valence-electron chi connectivity index (χ0n) is 16.3. The molecule has 1 saturated heterocycles. The maximum Gasteiger partial charge on any atom is 0.416 e. The summed E-state index contributed by atoms with van der Waals surface area (Å²) in [6.45, 7) is 1.81. The van der Waals surface area contributed by atoms with E-state index in [1.807, 2.05) is 4.90 Å². The smallest absolute Gasteiger partial charge is 0.359 e. The van der Waals surface area contributed by atoms with Crippen LogP contribution in [0.15, 0.2) is 36.5 Å². The summed E-state index contributed by atoms with van der Waals surface area (Å²) in [5.74, 6) is 0.547. The molecular formula is C20H20F3N5OS. The molecule has 0 spiro atoms. The molecule has 30 heavy (non-hydrogen) atoms. The topological polar surface area (TPSA) is 62.2 Å². The second-order valence-electron chi connectivity index (χ2n) is 7.48. The summed E-state index contributed by atoms with van der Waals surface area (Å²) >= 11 is 1.12. The zero-order chi connectivity index (χ0) is 21.3. The monoisotopic (exact) mass is 435 g/mol. The molecule has 2 aromatic heterocycles. The highest BCUT2D eigenvalue weighted by Gasteiger charge is 2.31. The van der Waals surface area contributed by atoms with Crippen LogP contribution in [0.25, 0.3) is 11.0 Å². The van der Waals surface area contributed by atoms with Crippen molar-refractivity contribution in [1.82, 2.24) is 18.6 Å². The highest BCUT2D eigenvalue weighted by molar-refractivity contribution is 7.00. The summed E-state index contributed by atoms with van der Waals surface area (Å²) in [6.07, 6.45) is -1.63. The lowest BCUT2D eigenvalue weighted by molar-refractivity contribution is -0.137. The molecular weight excluding hydrogens is 415 g/mol. The van der Waals surface area contributed by atoms with Crippen molar-refractivity contribution < 1.29 is 18.0 Å². The SMILES string of the molecule is CN(CC1CCN(C(=O)c2ccc3nsnc3c2)CC1)c1cc(C(F)(F)F)ccn1. The molecule has 0 N–H and O–H groups in total. The molecule has 1 aliphatic rings. The van der Waals surface area contributed by atoms with Crippen molar-refractivity contribution in [2.45, 2.75) is 19.0 Å². The maximum atomic E-state index is 12.9. The Balaban J connectivity index is 1.34. The molecule has 0 aliphatic carbocycles. The molecule has 1 fully saturated rings. The number of hydrogen-bond donors (Lipinski definition) is 0. The van der Waals surface area contributed by atoms with E-state index in [0.717, 1.165) is 47.7 Å². The molecule has 4 rings (SSSR count). The number of fused-ring (bicyclic) bond motifs is 1. The average Bonchev–Trinajstić information content (AvgIpc) is 3.21. The van der Waals surface area contributed by atoms with Crippen LogP contribution in [-0.2, 0) is 6.18 Å². The third-order valence-electron chi connectivity index (χ3n) is 5.40. The predicted molar refractivity (Wildman–Crippen MR) is 109 cm³/mol. The Morgan fingerprint density at radius 2 is 1.90 bits per heavy atom. The molecule has 1 aliphatic heterocycles. The summed E-state index contributed by atoms with van der Waals surface area (Å²) in [7, 11) is 1.75. The van der Waals surface area contributed by atoms with Gasteiger partial charge in [0.15, 0.2) is 0 Å². The van der Waals surface area contributed by atoms with Crippen molar-refractivity contribution in [2.24, 2.45) is 5.92 Å². The molecule has 0 bridgehead atoms. The fourth-order valence-electron chi connectivity index (χ4n) is 3.70. The van der Waals surface area contributed by atoms with E-state index in [1.165, 1.54) is 6.20 Å². The Bertz CT molecular complexity index is 1050. The van der Waals surface area contributed by atoms with Gasteiger partial charge in [0.2, 0.25) is 0 Å². The Hall–Kier alpha value is -2.75. The van der Waals surface area contributed by atoms with Gasteiger partial charge in [-0.05, 0) is 49.1 Å². The largest absolute Gasteiger partial charge is 0.416 e. The minimum atomic E-state index is -4.39. The fourth-order valence-corrected chi connectivity index (χ4v) is 4.22. The van der Waals surface area contributed by atoms with Gasteiger partial charge in [0, 0.05) is 38.4 Å². The van der Waals surface area contributed by atoms with E-state index >= 15 is 0 Å². The van der Waals surface area contributed by atoms with Crippen molar-refractivity contribution in [3.05, 3.63) is 47.7 Å². The van der Waals surface area contributed by atoms with Crippen LogP contribution >= 0.6 is 11.7 Å².